The molecule has 0 bridgehead atoms. The molecule has 0 unspecified atom stereocenters. The lowest BCUT2D eigenvalue weighted by Crippen LogP contribution is -2.18. The first kappa shape index (κ1) is 12.2. The van der Waals surface area contributed by atoms with Crippen LogP contribution >= 0.6 is 11.3 Å². The largest absolute Gasteiger partial charge is 0.370 e. The lowest BCUT2D eigenvalue weighted by atomic mass is 10.2. The van der Waals surface area contributed by atoms with Crippen LogP contribution in [0.1, 0.15) is 28.2 Å². The Balaban J connectivity index is 2.20. The molecule has 0 aliphatic carbocycles. The van der Waals surface area contributed by atoms with Gasteiger partial charge in [0.2, 0.25) is 5.91 Å². The van der Waals surface area contributed by atoms with Crippen LogP contribution in [0, 0.1) is 13.8 Å². The van der Waals surface area contributed by atoms with E-state index in [0.717, 1.165) is 19.5 Å². The molecule has 0 spiro atoms. The average Bonchev–Trinajstić information content (AvgIpc) is 2.44. The number of primary amides is 1. The van der Waals surface area contributed by atoms with Gasteiger partial charge in [-0.1, -0.05) is 0 Å². The van der Waals surface area contributed by atoms with Gasteiger partial charge in [-0.05, 0) is 38.4 Å². The Kier molecular flexibility index (Phi) is 4.78. The average molecular weight is 226 g/mol. The van der Waals surface area contributed by atoms with Gasteiger partial charge in [0.1, 0.15) is 0 Å². The number of nitrogens with one attached hydrogen (secondary N) is 1. The van der Waals surface area contributed by atoms with Crippen molar-refractivity contribution in [3.8, 4) is 0 Å². The summed E-state index contributed by atoms with van der Waals surface area (Å²) in [4.78, 5) is 13.2. The summed E-state index contributed by atoms with van der Waals surface area (Å²) < 4.78 is 0. The fraction of sp³-hybridized carbons (Fsp3) is 0.545. The van der Waals surface area contributed by atoms with Crippen molar-refractivity contribution >= 4 is 17.2 Å². The van der Waals surface area contributed by atoms with Crippen LogP contribution in [-0.2, 0) is 11.3 Å². The maximum Gasteiger partial charge on any atom is 0.217 e. The number of thiophene rings is 1. The predicted molar refractivity (Wildman–Crippen MR) is 63.9 cm³/mol. The van der Waals surface area contributed by atoms with Crippen molar-refractivity contribution < 1.29 is 4.79 Å². The van der Waals surface area contributed by atoms with Crippen LogP contribution in [0.25, 0.3) is 0 Å². The molecule has 3 N–H and O–H groups in total. The molecule has 15 heavy (non-hydrogen) atoms. The second-order valence-corrected chi connectivity index (χ2v) is 5.15. The first-order valence-electron chi connectivity index (χ1n) is 5.14. The van der Waals surface area contributed by atoms with E-state index in [2.05, 4.69) is 25.2 Å². The Bertz CT molecular complexity index is 333. The first-order valence-corrected chi connectivity index (χ1v) is 5.96. The summed E-state index contributed by atoms with van der Waals surface area (Å²) in [7, 11) is 0. The van der Waals surface area contributed by atoms with E-state index in [0.29, 0.717) is 6.42 Å². The van der Waals surface area contributed by atoms with Gasteiger partial charge in [-0.25, -0.2) is 0 Å². The van der Waals surface area contributed by atoms with E-state index in [-0.39, 0.29) is 5.91 Å². The number of nitrogens with two attached hydrogens (primary N) is 1. The molecule has 0 fully saturated rings. The summed E-state index contributed by atoms with van der Waals surface area (Å²) in [5, 5.41) is 3.31. The number of rotatable bonds is 6. The molecular weight excluding hydrogens is 208 g/mol. The second-order valence-electron chi connectivity index (χ2n) is 3.69. The normalized spacial score (nSPS) is 10.5. The lowest BCUT2D eigenvalue weighted by Gasteiger charge is -2.02. The molecule has 0 radical (unpaired) electrons. The molecule has 0 aliphatic rings. The van der Waals surface area contributed by atoms with Gasteiger partial charge in [0.15, 0.2) is 0 Å². The van der Waals surface area contributed by atoms with Crippen LogP contribution in [0.15, 0.2) is 6.07 Å². The number of carbonyl (C=O) groups excluding carboxylic acids is 1. The van der Waals surface area contributed by atoms with Crippen molar-refractivity contribution in [1.82, 2.24) is 5.32 Å². The Labute approximate surface area is 94.7 Å². The van der Waals surface area contributed by atoms with Crippen LogP contribution in [-0.4, -0.2) is 12.5 Å². The zero-order valence-corrected chi connectivity index (χ0v) is 10.1. The summed E-state index contributed by atoms with van der Waals surface area (Å²) in [5.41, 5.74) is 6.41. The van der Waals surface area contributed by atoms with Gasteiger partial charge in [-0.2, -0.15) is 0 Å². The number of hydrogen-bond acceptors (Lipinski definition) is 3. The minimum absolute atomic E-state index is 0.223. The third-order valence-corrected chi connectivity index (χ3v) is 3.24. The van der Waals surface area contributed by atoms with Crippen molar-refractivity contribution in [2.24, 2.45) is 5.73 Å². The fourth-order valence-corrected chi connectivity index (χ4v) is 2.42. The molecular formula is C11H18N2OS. The predicted octanol–water partition coefficient (Wildman–Crippen LogP) is 1.72. The van der Waals surface area contributed by atoms with Crippen LogP contribution in [0.2, 0.25) is 0 Å². The molecule has 0 atom stereocenters. The molecule has 0 saturated carbocycles. The maximum atomic E-state index is 10.5. The van der Waals surface area contributed by atoms with E-state index in [1.807, 2.05) is 11.3 Å². The minimum atomic E-state index is -0.223. The summed E-state index contributed by atoms with van der Waals surface area (Å²) in [6.45, 7) is 5.98. The number of aryl methyl sites for hydroxylation is 2. The Hall–Kier alpha value is -0.870. The summed E-state index contributed by atoms with van der Waals surface area (Å²) >= 11 is 1.82. The second kappa shape index (κ2) is 5.88. The summed E-state index contributed by atoms with van der Waals surface area (Å²) in [6.07, 6.45) is 1.28. The monoisotopic (exact) mass is 226 g/mol. The molecule has 1 amide bonds. The van der Waals surface area contributed by atoms with Crippen molar-refractivity contribution in [3.63, 3.8) is 0 Å². The van der Waals surface area contributed by atoms with Gasteiger partial charge in [-0.15, -0.1) is 11.3 Å². The fourth-order valence-electron chi connectivity index (χ4n) is 1.47. The van der Waals surface area contributed by atoms with Crippen LogP contribution in [0.4, 0.5) is 0 Å². The lowest BCUT2D eigenvalue weighted by molar-refractivity contribution is -0.118. The van der Waals surface area contributed by atoms with Gasteiger partial charge in [-0.3, -0.25) is 4.79 Å². The highest BCUT2D eigenvalue weighted by Gasteiger charge is 2.01. The molecule has 1 aromatic rings. The highest BCUT2D eigenvalue weighted by Crippen LogP contribution is 2.20. The molecule has 4 heteroatoms. The highest BCUT2D eigenvalue weighted by molar-refractivity contribution is 7.12. The van der Waals surface area contributed by atoms with Gasteiger partial charge >= 0.3 is 0 Å². The first-order chi connectivity index (χ1) is 7.09. The maximum absolute atomic E-state index is 10.5. The molecule has 0 saturated heterocycles. The van der Waals surface area contributed by atoms with Crippen LogP contribution in [0.5, 0.6) is 0 Å². The van der Waals surface area contributed by atoms with E-state index >= 15 is 0 Å². The molecule has 0 aromatic carbocycles. The minimum Gasteiger partial charge on any atom is -0.370 e. The Morgan fingerprint density at radius 1 is 1.53 bits per heavy atom. The SMILES string of the molecule is Cc1cc(CNCCCC(N)=O)c(C)s1. The van der Waals surface area contributed by atoms with Crippen LogP contribution < -0.4 is 11.1 Å². The van der Waals surface area contributed by atoms with Gasteiger partial charge in [0.25, 0.3) is 0 Å². The zero-order chi connectivity index (χ0) is 11.3. The van der Waals surface area contributed by atoms with E-state index in [9.17, 15) is 4.79 Å². The van der Waals surface area contributed by atoms with Gasteiger partial charge in [0.05, 0.1) is 0 Å². The Morgan fingerprint density at radius 2 is 2.27 bits per heavy atom. The van der Waals surface area contributed by atoms with E-state index in [1.165, 1.54) is 15.3 Å². The quantitative estimate of drug-likeness (QED) is 0.726. The third-order valence-electron chi connectivity index (χ3n) is 2.24. The molecule has 3 nitrogen and oxygen atoms in total. The van der Waals surface area contributed by atoms with Crippen LogP contribution in [0.3, 0.4) is 0 Å². The van der Waals surface area contributed by atoms with Gasteiger partial charge < -0.3 is 11.1 Å². The van der Waals surface area contributed by atoms with Gasteiger partial charge in [0, 0.05) is 22.7 Å². The van der Waals surface area contributed by atoms with E-state index in [1.54, 1.807) is 0 Å². The summed E-state index contributed by atoms with van der Waals surface area (Å²) in [6, 6.07) is 2.21. The van der Waals surface area contributed by atoms with Crippen molar-refractivity contribution in [3.05, 3.63) is 21.4 Å². The molecule has 1 heterocycles. The van der Waals surface area contributed by atoms with E-state index < -0.39 is 0 Å². The number of hydrogen-bond donors (Lipinski definition) is 2. The molecule has 1 aromatic heterocycles. The van der Waals surface area contributed by atoms with Crippen molar-refractivity contribution in [2.75, 3.05) is 6.54 Å². The van der Waals surface area contributed by atoms with E-state index in [4.69, 9.17) is 5.73 Å². The number of amides is 1. The highest BCUT2D eigenvalue weighted by atomic mass is 32.1. The summed E-state index contributed by atoms with van der Waals surface area (Å²) in [5.74, 6) is -0.223. The Morgan fingerprint density at radius 3 is 2.80 bits per heavy atom. The zero-order valence-electron chi connectivity index (χ0n) is 9.30. The standard InChI is InChI=1S/C11H18N2OS/c1-8-6-10(9(2)15-8)7-13-5-3-4-11(12)14/h6,13H,3-5,7H2,1-2H3,(H2,12,14). The molecule has 84 valence electrons. The van der Waals surface area contributed by atoms with Crippen molar-refractivity contribution in [2.45, 2.75) is 33.2 Å². The van der Waals surface area contributed by atoms with Crippen molar-refractivity contribution in [1.29, 1.82) is 0 Å². The smallest absolute Gasteiger partial charge is 0.217 e. The topological polar surface area (TPSA) is 55.1 Å². The molecule has 1 rings (SSSR count). The molecule has 0 aliphatic heterocycles. The number of carbonyl (C=O) groups is 1. The third kappa shape index (κ3) is 4.44.